The number of aliphatic hydroxyl groups excluding tert-OH is 2. The summed E-state index contributed by atoms with van der Waals surface area (Å²) in [5.74, 6) is -0.547. The molecule has 0 spiro atoms. The molecule has 0 radical (unpaired) electrons. The number of benzene rings is 4. The highest BCUT2D eigenvalue weighted by Crippen LogP contribution is 2.30. The molecule has 56 heavy (non-hydrogen) atoms. The SMILES string of the molecule is O=C(Nc1ncccn1)c1cccc(CN2C(=O)N(Cc3cccc(C(=O)Nc4ncccn4)c3)[C@H](Cc3ccccc3)[C@H](O)[C@@H](O)[C@H]2Cc2ccccc2)c1. The summed E-state index contributed by atoms with van der Waals surface area (Å²) in [6.45, 7) is 0.0221. The highest BCUT2D eigenvalue weighted by molar-refractivity contribution is 6.04. The number of carbonyl (C=O) groups is 3. The lowest BCUT2D eigenvalue weighted by atomic mass is 9.90. The van der Waals surface area contributed by atoms with Crippen LogP contribution in [0.15, 0.2) is 146 Å². The van der Waals surface area contributed by atoms with Crippen LogP contribution in [0.5, 0.6) is 0 Å². The van der Waals surface area contributed by atoms with Crippen LogP contribution in [0.3, 0.4) is 0 Å². The standard InChI is InChI=1S/C43H40N8O5/c52-37-35(25-29-11-3-1-4-12-29)50(27-31-15-7-17-33(23-31)39(54)48-41-44-19-9-20-45-41)43(56)51(36(38(37)53)26-30-13-5-2-6-14-30)28-32-16-8-18-34(24-32)40(55)49-42-46-21-10-22-47-42/h1-24,35-38,52-53H,25-28H2,(H,44,45,48,54)(H,46,47,49,55)/t35-,36-,37+,38+/m1/s1. The van der Waals surface area contributed by atoms with Gasteiger partial charge in [0.2, 0.25) is 11.9 Å². The molecular weight excluding hydrogens is 709 g/mol. The molecule has 2 aromatic heterocycles. The quantitative estimate of drug-likeness (QED) is 0.132. The van der Waals surface area contributed by atoms with E-state index in [1.54, 1.807) is 70.5 Å². The molecule has 282 valence electrons. The van der Waals surface area contributed by atoms with Gasteiger partial charge in [0.05, 0.1) is 12.1 Å². The summed E-state index contributed by atoms with van der Waals surface area (Å²) in [5.41, 5.74) is 3.64. The maximum Gasteiger partial charge on any atom is 0.321 e. The number of hydrogen-bond donors (Lipinski definition) is 4. The van der Waals surface area contributed by atoms with Crippen LogP contribution in [-0.4, -0.2) is 82.1 Å². The van der Waals surface area contributed by atoms with Gasteiger partial charge in [0.1, 0.15) is 12.2 Å². The van der Waals surface area contributed by atoms with Gasteiger partial charge < -0.3 is 20.0 Å². The minimum absolute atomic E-state index is 0.0111. The molecule has 1 saturated heterocycles. The fourth-order valence-corrected chi connectivity index (χ4v) is 6.91. The fourth-order valence-electron chi connectivity index (χ4n) is 6.91. The van der Waals surface area contributed by atoms with Crippen LogP contribution in [0, 0.1) is 0 Å². The Bertz CT molecular complexity index is 2090. The Kier molecular flexibility index (Phi) is 11.7. The molecule has 0 bridgehead atoms. The van der Waals surface area contributed by atoms with Crippen molar-refractivity contribution in [2.75, 3.05) is 10.6 Å². The second-order valence-corrected chi connectivity index (χ2v) is 13.5. The maximum atomic E-state index is 15.2. The Balaban J connectivity index is 1.25. The third-order valence-electron chi connectivity index (χ3n) is 9.67. The van der Waals surface area contributed by atoms with Gasteiger partial charge in [-0.25, -0.2) is 24.7 Å². The van der Waals surface area contributed by atoms with Crippen molar-refractivity contribution in [3.05, 3.63) is 179 Å². The lowest BCUT2D eigenvalue weighted by Crippen LogP contribution is -2.50. The van der Waals surface area contributed by atoms with E-state index in [0.29, 0.717) is 22.3 Å². The molecule has 3 heterocycles. The molecule has 4 amide bonds. The normalized spacial score (nSPS) is 18.2. The van der Waals surface area contributed by atoms with Crippen LogP contribution >= 0.6 is 0 Å². The minimum atomic E-state index is -1.36. The third kappa shape index (κ3) is 9.09. The lowest BCUT2D eigenvalue weighted by Gasteiger charge is -2.36. The molecule has 13 heteroatoms. The van der Waals surface area contributed by atoms with Crippen molar-refractivity contribution in [3.8, 4) is 0 Å². The topological polar surface area (TPSA) is 174 Å². The first-order valence-corrected chi connectivity index (χ1v) is 18.2. The number of nitrogens with zero attached hydrogens (tertiary/aromatic N) is 6. The molecule has 1 aliphatic heterocycles. The van der Waals surface area contributed by atoms with Crippen LogP contribution in [0.2, 0.25) is 0 Å². The van der Waals surface area contributed by atoms with Crippen molar-refractivity contribution in [3.63, 3.8) is 0 Å². The minimum Gasteiger partial charge on any atom is -0.388 e. The van der Waals surface area contributed by atoms with E-state index < -0.39 is 42.1 Å². The Morgan fingerprint density at radius 2 is 0.893 bits per heavy atom. The number of hydrogen-bond acceptors (Lipinski definition) is 9. The molecule has 4 aromatic carbocycles. The number of urea groups is 1. The highest BCUT2D eigenvalue weighted by Gasteiger charge is 2.46. The van der Waals surface area contributed by atoms with E-state index in [9.17, 15) is 19.8 Å². The van der Waals surface area contributed by atoms with Gasteiger partial charge in [-0.2, -0.15) is 0 Å². The summed E-state index contributed by atoms with van der Waals surface area (Å²) < 4.78 is 0. The van der Waals surface area contributed by atoms with Gasteiger partial charge in [-0.05, 0) is 71.5 Å². The first-order valence-electron chi connectivity index (χ1n) is 18.2. The van der Waals surface area contributed by atoms with Crippen molar-refractivity contribution in [1.82, 2.24) is 29.7 Å². The zero-order valence-electron chi connectivity index (χ0n) is 30.3. The van der Waals surface area contributed by atoms with Gasteiger partial charge in [-0.3, -0.25) is 20.2 Å². The fraction of sp³-hybridized carbons (Fsp3) is 0.186. The number of carbonyl (C=O) groups excluding carboxylic acids is 3. The summed E-state index contributed by atoms with van der Waals surface area (Å²) in [4.78, 5) is 61.1. The lowest BCUT2D eigenvalue weighted by molar-refractivity contribution is -0.0408. The molecule has 13 nitrogen and oxygen atoms in total. The molecule has 0 saturated carbocycles. The molecule has 6 aromatic rings. The van der Waals surface area contributed by atoms with E-state index in [1.807, 2.05) is 60.7 Å². The van der Waals surface area contributed by atoms with Crippen molar-refractivity contribution >= 4 is 29.7 Å². The van der Waals surface area contributed by atoms with Crippen LogP contribution in [0.4, 0.5) is 16.7 Å². The molecule has 0 aliphatic carbocycles. The van der Waals surface area contributed by atoms with Crippen LogP contribution in [0.25, 0.3) is 0 Å². The number of rotatable bonds is 12. The summed E-state index contributed by atoms with van der Waals surface area (Å²) in [7, 11) is 0. The molecule has 4 atom stereocenters. The van der Waals surface area contributed by atoms with E-state index in [2.05, 4.69) is 30.6 Å². The largest absolute Gasteiger partial charge is 0.388 e. The van der Waals surface area contributed by atoms with Crippen LogP contribution in [-0.2, 0) is 25.9 Å². The predicted molar refractivity (Wildman–Crippen MR) is 209 cm³/mol. The Morgan fingerprint density at radius 1 is 0.518 bits per heavy atom. The second-order valence-electron chi connectivity index (χ2n) is 13.5. The number of aromatic nitrogens is 4. The average Bonchev–Trinajstić information content (AvgIpc) is 3.29. The first-order chi connectivity index (χ1) is 27.3. The molecule has 7 rings (SSSR count). The molecular formula is C43H40N8O5. The van der Waals surface area contributed by atoms with Crippen LogP contribution < -0.4 is 10.6 Å². The maximum absolute atomic E-state index is 15.2. The monoisotopic (exact) mass is 748 g/mol. The average molecular weight is 749 g/mol. The summed E-state index contributed by atoms with van der Waals surface area (Å²) in [5, 5.41) is 29.6. The zero-order valence-corrected chi connectivity index (χ0v) is 30.3. The number of amides is 4. The van der Waals surface area contributed by atoms with Gasteiger partial charge in [0, 0.05) is 49.0 Å². The molecule has 0 unspecified atom stereocenters. The molecule has 1 aliphatic rings. The third-order valence-corrected chi connectivity index (χ3v) is 9.67. The summed E-state index contributed by atoms with van der Waals surface area (Å²) in [6, 6.07) is 33.9. The zero-order chi connectivity index (χ0) is 38.9. The summed E-state index contributed by atoms with van der Waals surface area (Å²) >= 11 is 0. The number of nitrogens with one attached hydrogen (secondary N) is 2. The van der Waals surface area contributed by atoms with Crippen molar-refractivity contribution in [2.24, 2.45) is 0 Å². The van der Waals surface area contributed by atoms with Gasteiger partial charge in [0.25, 0.3) is 11.8 Å². The highest BCUT2D eigenvalue weighted by atomic mass is 16.3. The summed E-state index contributed by atoms with van der Waals surface area (Å²) in [6.07, 6.45) is 3.88. The van der Waals surface area contributed by atoms with E-state index in [1.165, 1.54) is 24.8 Å². The Labute approximate surface area is 323 Å². The smallest absolute Gasteiger partial charge is 0.321 e. The molecule has 4 N–H and O–H groups in total. The van der Waals surface area contributed by atoms with Gasteiger partial charge in [-0.15, -0.1) is 0 Å². The van der Waals surface area contributed by atoms with E-state index in [4.69, 9.17) is 0 Å². The predicted octanol–water partition coefficient (Wildman–Crippen LogP) is 5.15. The first kappa shape index (κ1) is 37.5. The van der Waals surface area contributed by atoms with Gasteiger partial charge in [0.15, 0.2) is 0 Å². The number of aliphatic hydroxyl groups is 2. The second kappa shape index (κ2) is 17.5. The Morgan fingerprint density at radius 3 is 1.29 bits per heavy atom. The van der Waals surface area contributed by atoms with Gasteiger partial charge in [-0.1, -0.05) is 84.9 Å². The molecule has 1 fully saturated rings. The van der Waals surface area contributed by atoms with E-state index >= 15 is 4.79 Å². The van der Waals surface area contributed by atoms with Crippen molar-refractivity contribution in [2.45, 2.75) is 50.2 Å². The van der Waals surface area contributed by atoms with Crippen LogP contribution in [0.1, 0.15) is 43.0 Å². The number of anilines is 2. The van der Waals surface area contributed by atoms with Crippen molar-refractivity contribution < 1.29 is 24.6 Å². The van der Waals surface area contributed by atoms with Crippen molar-refractivity contribution in [1.29, 1.82) is 0 Å². The van der Waals surface area contributed by atoms with E-state index in [0.717, 1.165) is 11.1 Å². The Hall–Kier alpha value is -6.83. The van der Waals surface area contributed by atoms with Gasteiger partial charge >= 0.3 is 6.03 Å². The van der Waals surface area contributed by atoms with E-state index in [-0.39, 0.29) is 37.8 Å².